The minimum atomic E-state index is 0.658. The van der Waals surface area contributed by atoms with Crippen LogP contribution in [-0.4, -0.2) is 20.1 Å². The van der Waals surface area contributed by atoms with Crippen LogP contribution in [-0.2, 0) is 6.54 Å². The van der Waals surface area contributed by atoms with Gasteiger partial charge in [-0.05, 0) is 37.6 Å². The first-order valence-electron chi connectivity index (χ1n) is 6.26. The monoisotopic (exact) mass is 254 g/mol. The summed E-state index contributed by atoms with van der Waals surface area (Å²) in [7, 11) is 1.93. The molecule has 0 heterocycles. The van der Waals surface area contributed by atoms with E-state index < -0.39 is 0 Å². The fraction of sp³-hybridized carbons (Fsp3) is 0.571. The molecule has 17 heavy (non-hydrogen) atoms. The van der Waals surface area contributed by atoms with Gasteiger partial charge in [-0.3, -0.25) is 0 Å². The second-order valence-electron chi connectivity index (χ2n) is 4.74. The number of benzene rings is 1. The van der Waals surface area contributed by atoms with Gasteiger partial charge < -0.3 is 10.2 Å². The Morgan fingerprint density at radius 3 is 2.53 bits per heavy atom. The fourth-order valence-corrected chi connectivity index (χ4v) is 2.17. The molecule has 0 radical (unpaired) electrons. The van der Waals surface area contributed by atoms with E-state index in [0.29, 0.717) is 5.92 Å². The highest BCUT2D eigenvalue weighted by Gasteiger charge is 2.08. The molecule has 0 atom stereocenters. The van der Waals surface area contributed by atoms with Crippen molar-refractivity contribution in [3.63, 3.8) is 0 Å². The van der Waals surface area contributed by atoms with Gasteiger partial charge in [-0.1, -0.05) is 31.5 Å². The number of nitrogens with one attached hydrogen (secondary N) is 1. The number of hydrogen-bond acceptors (Lipinski definition) is 2. The van der Waals surface area contributed by atoms with E-state index in [1.807, 2.05) is 7.05 Å². The highest BCUT2D eigenvalue weighted by molar-refractivity contribution is 6.31. The first-order valence-corrected chi connectivity index (χ1v) is 6.64. The van der Waals surface area contributed by atoms with Crippen LogP contribution < -0.4 is 10.2 Å². The first-order chi connectivity index (χ1) is 8.08. The zero-order chi connectivity index (χ0) is 12.8. The number of anilines is 1. The van der Waals surface area contributed by atoms with E-state index in [4.69, 9.17) is 11.6 Å². The number of rotatable bonds is 6. The van der Waals surface area contributed by atoms with Crippen LogP contribution in [0.25, 0.3) is 0 Å². The molecule has 0 amide bonds. The molecule has 1 aromatic carbocycles. The van der Waals surface area contributed by atoms with Gasteiger partial charge >= 0.3 is 0 Å². The van der Waals surface area contributed by atoms with Gasteiger partial charge in [0.1, 0.15) is 0 Å². The van der Waals surface area contributed by atoms with Gasteiger partial charge in [0.25, 0.3) is 0 Å². The van der Waals surface area contributed by atoms with E-state index in [0.717, 1.165) is 30.2 Å². The summed E-state index contributed by atoms with van der Waals surface area (Å²) < 4.78 is 0. The van der Waals surface area contributed by atoms with Crippen LogP contribution in [0, 0.1) is 5.92 Å². The topological polar surface area (TPSA) is 15.3 Å². The Kier molecular flexibility index (Phi) is 5.79. The third-order valence-corrected chi connectivity index (χ3v) is 3.09. The molecule has 0 bridgehead atoms. The van der Waals surface area contributed by atoms with Gasteiger partial charge in [-0.25, -0.2) is 0 Å². The second-order valence-corrected chi connectivity index (χ2v) is 5.15. The third kappa shape index (κ3) is 4.21. The molecular weight excluding hydrogens is 232 g/mol. The lowest BCUT2D eigenvalue weighted by Gasteiger charge is -2.25. The average Bonchev–Trinajstić information content (AvgIpc) is 2.28. The van der Waals surface area contributed by atoms with Crippen molar-refractivity contribution in [1.82, 2.24) is 5.32 Å². The van der Waals surface area contributed by atoms with Gasteiger partial charge in [0.15, 0.2) is 0 Å². The Labute approximate surface area is 110 Å². The first kappa shape index (κ1) is 14.3. The number of nitrogens with zero attached hydrogens (tertiary/aromatic N) is 1. The van der Waals surface area contributed by atoms with E-state index in [-0.39, 0.29) is 0 Å². The predicted octanol–water partition coefficient (Wildman–Crippen LogP) is 3.54. The predicted molar refractivity (Wildman–Crippen MR) is 76.9 cm³/mol. The lowest BCUT2D eigenvalue weighted by atomic mass is 10.1. The van der Waals surface area contributed by atoms with Gasteiger partial charge in [0.05, 0.1) is 0 Å². The van der Waals surface area contributed by atoms with Crippen LogP contribution >= 0.6 is 11.6 Å². The van der Waals surface area contributed by atoms with Crippen molar-refractivity contribution < 1.29 is 0 Å². The summed E-state index contributed by atoms with van der Waals surface area (Å²) in [6.07, 6.45) is 0. The summed E-state index contributed by atoms with van der Waals surface area (Å²) in [6, 6.07) is 6.34. The van der Waals surface area contributed by atoms with Crippen LogP contribution in [0.15, 0.2) is 18.2 Å². The van der Waals surface area contributed by atoms with E-state index in [1.165, 1.54) is 5.69 Å². The van der Waals surface area contributed by atoms with Crippen LogP contribution in [0.5, 0.6) is 0 Å². The van der Waals surface area contributed by atoms with Crippen molar-refractivity contribution in [3.05, 3.63) is 28.8 Å². The maximum absolute atomic E-state index is 6.28. The van der Waals surface area contributed by atoms with E-state index in [1.54, 1.807) is 0 Å². The minimum Gasteiger partial charge on any atom is -0.372 e. The standard InChI is InChI=1S/C14H23ClN2/c1-5-17(10-11(2)3)13-7-6-12(9-16-4)14(15)8-13/h6-8,11,16H,5,9-10H2,1-4H3. The SMILES string of the molecule is CCN(CC(C)C)c1ccc(CNC)c(Cl)c1. The average molecular weight is 255 g/mol. The van der Waals surface area contributed by atoms with Crippen molar-refractivity contribution in [3.8, 4) is 0 Å². The maximum atomic E-state index is 6.28. The Bertz CT molecular complexity index is 350. The molecule has 0 spiro atoms. The minimum absolute atomic E-state index is 0.658. The van der Waals surface area contributed by atoms with E-state index in [2.05, 4.69) is 49.2 Å². The summed E-state index contributed by atoms with van der Waals surface area (Å²) in [5, 5.41) is 3.97. The summed E-state index contributed by atoms with van der Waals surface area (Å²) >= 11 is 6.28. The van der Waals surface area contributed by atoms with Gasteiger partial charge in [0.2, 0.25) is 0 Å². The molecule has 2 nitrogen and oxygen atoms in total. The van der Waals surface area contributed by atoms with Crippen LogP contribution in [0.1, 0.15) is 26.3 Å². The number of halogens is 1. The van der Waals surface area contributed by atoms with Crippen molar-refractivity contribution in [1.29, 1.82) is 0 Å². The molecule has 0 aromatic heterocycles. The van der Waals surface area contributed by atoms with Crippen molar-refractivity contribution in [2.75, 3.05) is 25.0 Å². The normalized spacial score (nSPS) is 10.9. The molecule has 0 saturated heterocycles. The lowest BCUT2D eigenvalue weighted by molar-refractivity contribution is 0.619. The fourth-order valence-electron chi connectivity index (χ4n) is 1.92. The Morgan fingerprint density at radius 2 is 2.06 bits per heavy atom. The third-order valence-electron chi connectivity index (χ3n) is 2.74. The maximum Gasteiger partial charge on any atom is 0.0471 e. The highest BCUT2D eigenvalue weighted by atomic mass is 35.5. The van der Waals surface area contributed by atoms with Gasteiger partial charge in [-0.15, -0.1) is 0 Å². The summed E-state index contributed by atoms with van der Waals surface area (Å²) in [6.45, 7) is 9.55. The van der Waals surface area contributed by atoms with Crippen molar-refractivity contribution in [2.24, 2.45) is 5.92 Å². The largest absolute Gasteiger partial charge is 0.372 e. The lowest BCUT2D eigenvalue weighted by Crippen LogP contribution is -2.27. The van der Waals surface area contributed by atoms with E-state index in [9.17, 15) is 0 Å². The Morgan fingerprint density at radius 1 is 1.35 bits per heavy atom. The summed E-state index contributed by atoms with van der Waals surface area (Å²) in [5.74, 6) is 0.658. The molecule has 1 rings (SSSR count). The summed E-state index contributed by atoms with van der Waals surface area (Å²) in [4.78, 5) is 2.36. The Hall–Kier alpha value is -0.730. The smallest absolute Gasteiger partial charge is 0.0471 e. The zero-order valence-corrected chi connectivity index (χ0v) is 12.0. The number of hydrogen-bond donors (Lipinski definition) is 1. The molecule has 1 N–H and O–H groups in total. The molecule has 1 aromatic rings. The quantitative estimate of drug-likeness (QED) is 0.835. The van der Waals surface area contributed by atoms with Crippen LogP contribution in [0.2, 0.25) is 5.02 Å². The zero-order valence-electron chi connectivity index (χ0n) is 11.3. The molecule has 96 valence electrons. The van der Waals surface area contributed by atoms with Crippen LogP contribution in [0.3, 0.4) is 0 Å². The molecular formula is C14H23ClN2. The molecule has 3 heteroatoms. The molecule has 0 aliphatic heterocycles. The molecule has 0 unspecified atom stereocenters. The van der Waals surface area contributed by atoms with Gasteiger partial charge in [0, 0.05) is 30.3 Å². The molecule has 0 fully saturated rings. The molecule has 0 aliphatic rings. The van der Waals surface area contributed by atoms with Crippen molar-refractivity contribution in [2.45, 2.75) is 27.3 Å². The Balaban J connectivity index is 2.86. The van der Waals surface area contributed by atoms with Gasteiger partial charge in [-0.2, -0.15) is 0 Å². The molecule has 0 saturated carbocycles. The second kappa shape index (κ2) is 6.87. The van der Waals surface area contributed by atoms with Crippen molar-refractivity contribution >= 4 is 17.3 Å². The van der Waals surface area contributed by atoms with E-state index >= 15 is 0 Å². The summed E-state index contributed by atoms with van der Waals surface area (Å²) in [5.41, 5.74) is 2.37. The highest BCUT2D eigenvalue weighted by Crippen LogP contribution is 2.24. The molecule has 0 aliphatic carbocycles. The van der Waals surface area contributed by atoms with Crippen LogP contribution in [0.4, 0.5) is 5.69 Å².